The number of nitrogens with zero attached hydrogens (tertiary/aromatic N) is 1. The molecule has 2 aromatic carbocycles. The number of aromatic nitrogens is 1. The summed E-state index contributed by atoms with van der Waals surface area (Å²) in [5.74, 6) is -0.682. The zero-order valence-corrected chi connectivity index (χ0v) is 14.6. The van der Waals surface area contributed by atoms with Gasteiger partial charge in [-0.15, -0.1) is 0 Å². The summed E-state index contributed by atoms with van der Waals surface area (Å²) in [5, 5.41) is 0.792. The summed E-state index contributed by atoms with van der Waals surface area (Å²) in [6.45, 7) is 2.27. The van der Waals surface area contributed by atoms with E-state index in [2.05, 4.69) is 4.98 Å². The monoisotopic (exact) mass is 348 g/mol. The fraction of sp³-hybridized carbons (Fsp3) is 0.238. The van der Waals surface area contributed by atoms with Gasteiger partial charge in [-0.05, 0) is 37.5 Å². The molecule has 1 aliphatic rings. The number of carbonyl (C=O) groups is 2. The molecule has 3 aromatic rings. The minimum atomic E-state index is -0.845. The van der Waals surface area contributed by atoms with E-state index in [0.29, 0.717) is 12.1 Å². The van der Waals surface area contributed by atoms with Gasteiger partial charge in [-0.2, -0.15) is 0 Å². The van der Waals surface area contributed by atoms with Gasteiger partial charge in [0.15, 0.2) is 6.10 Å². The maximum absolute atomic E-state index is 12.9. The van der Waals surface area contributed by atoms with Crippen LogP contribution in [0.15, 0.2) is 54.7 Å². The van der Waals surface area contributed by atoms with Crippen molar-refractivity contribution in [3.63, 3.8) is 0 Å². The number of aryl methyl sites for hydroxylation is 1. The van der Waals surface area contributed by atoms with Crippen LogP contribution in [-0.4, -0.2) is 29.5 Å². The van der Waals surface area contributed by atoms with Gasteiger partial charge in [0.25, 0.3) is 5.91 Å². The first-order chi connectivity index (χ1) is 12.6. The number of fused-ring (bicyclic) bond motifs is 2. The number of nitrogens with one attached hydrogen (secondary N) is 1. The molecule has 1 unspecified atom stereocenters. The normalized spacial score (nSPS) is 14.7. The first kappa shape index (κ1) is 16.4. The zero-order chi connectivity index (χ0) is 18.1. The third-order valence-electron chi connectivity index (χ3n) is 4.82. The SMILES string of the molecule is CC(OC(=O)c1c[nH]c2ccccc12)C(=O)N1CCCc2ccccc21. The minimum absolute atomic E-state index is 0.189. The topological polar surface area (TPSA) is 62.4 Å². The molecule has 0 radical (unpaired) electrons. The first-order valence-electron chi connectivity index (χ1n) is 8.81. The number of para-hydroxylation sites is 2. The van der Waals surface area contributed by atoms with E-state index < -0.39 is 12.1 Å². The van der Waals surface area contributed by atoms with Crippen molar-refractivity contribution in [3.8, 4) is 0 Å². The second-order valence-electron chi connectivity index (χ2n) is 6.52. The molecule has 0 bridgehead atoms. The first-order valence-corrected chi connectivity index (χ1v) is 8.81. The van der Waals surface area contributed by atoms with E-state index in [9.17, 15) is 9.59 Å². The molecule has 26 heavy (non-hydrogen) atoms. The number of hydrogen-bond acceptors (Lipinski definition) is 3. The number of hydrogen-bond donors (Lipinski definition) is 1. The second-order valence-corrected chi connectivity index (χ2v) is 6.52. The highest BCUT2D eigenvalue weighted by molar-refractivity contribution is 6.05. The Kier molecular flexibility index (Phi) is 4.21. The van der Waals surface area contributed by atoms with Crippen LogP contribution in [0.3, 0.4) is 0 Å². The number of H-pyrrole nitrogens is 1. The van der Waals surface area contributed by atoms with Crippen LogP contribution in [0.5, 0.6) is 0 Å². The summed E-state index contributed by atoms with van der Waals surface area (Å²) >= 11 is 0. The van der Waals surface area contributed by atoms with Crippen LogP contribution < -0.4 is 4.90 Å². The van der Waals surface area contributed by atoms with Crippen molar-refractivity contribution in [3.05, 3.63) is 65.9 Å². The van der Waals surface area contributed by atoms with Crippen molar-refractivity contribution in [1.82, 2.24) is 4.98 Å². The van der Waals surface area contributed by atoms with Crippen LogP contribution >= 0.6 is 0 Å². The van der Waals surface area contributed by atoms with Crippen LogP contribution in [0.25, 0.3) is 10.9 Å². The van der Waals surface area contributed by atoms with Gasteiger partial charge in [0, 0.05) is 29.3 Å². The van der Waals surface area contributed by atoms with Crippen molar-refractivity contribution in [2.75, 3.05) is 11.4 Å². The Morgan fingerprint density at radius 3 is 2.77 bits per heavy atom. The Labute approximate surface area is 151 Å². The molecule has 0 aliphatic carbocycles. The molecule has 1 aromatic heterocycles. The van der Waals surface area contributed by atoms with E-state index in [1.807, 2.05) is 48.5 Å². The van der Waals surface area contributed by atoms with Crippen molar-refractivity contribution in [2.45, 2.75) is 25.9 Å². The second kappa shape index (κ2) is 6.67. The number of esters is 1. The van der Waals surface area contributed by atoms with E-state index in [1.165, 1.54) is 0 Å². The average molecular weight is 348 g/mol. The highest BCUT2D eigenvalue weighted by atomic mass is 16.5. The lowest BCUT2D eigenvalue weighted by atomic mass is 10.0. The Balaban J connectivity index is 1.52. The number of anilines is 1. The molecule has 1 N–H and O–H groups in total. The van der Waals surface area contributed by atoms with Crippen molar-refractivity contribution in [2.24, 2.45) is 0 Å². The van der Waals surface area contributed by atoms with Crippen LogP contribution in [0, 0.1) is 0 Å². The van der Waals surface area contributed by atoms with Gasteiger partial charge in [-0.25, -0.2) is 4.79 Å². The molecule has 1 aliphatic heterocycles. The fourth-order valence-corrected chi connectivity index (χ4v) is 3.50. The third kappa shape index (κ3) is 2.86. The van der Waals surface area contributed by atoms with Crippen LogP contribution in [0.2, 0.25) is 0 Å². The standard InChI is InChI=1S/C21H20N2O3/c1-14(20(24)23-12-6-8-15-7-2-5-11-19(15)23)26-21(25)17-13-22-18-10-4-3-9-16(17)18/h2-5,7,9-11,13-14,22H,6,8,12H2,1H3. The number of aromatic amines is 1. The summed E-state index contributed by atoms with van der Waals surface area (Å²) in [5.41, 5.74) is 3.38. The molecule has 132 valence electrons. The molecule has 5 heteroatoms. The van der Waals surface area contributed by atoms with Crippen LogP contribution in [0.4, 0.5) is 5.69 Å². The molecular weight excluding hydrogens is 328 g/mol. The maximum atomic E-state index is 12.9. The van der Waals surface area contributed by atoms with E-state index in [1.54, 1.807) is 18.0 Å². The number of benzene rings is 2. The van der Waals surface area contributed by atoms with Gasteiger partial charge in [-0.1, -0.05) is 36.4 Å². The lowest BCUT2D eigenvalue weighted by molar-refractivity contribution is -0.126. The smallest absolute Gasteiger partial charge is 0.341 e. The highest BCUT2D eigenvalue weighted by Crippen LogP contribution is 2.28. The molecule has 5 nitrogen and oxygen atoms in total. The predicted octanol–water partition coefficient (Wildman–Crippen LogP) is 3.69. The van der Waals surface area contributed by atoms with E-state index in [4.69, 9.17) is 4.74 Å². The number of rotatable bonds is 3. The Morgan fingerprint density at radius 1 is 1.12 bits per heavy atom. The number of ether oxygens (including phenoxy) is 1. The van der Waals surface area contributed by atoms with Gasteiger partial charge in [0.2, 0.25) is 0 Å². The lowest BCUT2D eigenvalue weighted by Crippen LogP contribution is -2.42. The van der Waals surface area contributed by atoms with Gasteiger partial charge >= 0.3 is 5.97 Å². The van der Waals surface area contributed by atoms with Gasteiger partial charge in [0.1, 0.15) is 0 Å². The zero-order valence-electron chi connectivity index (χ0n) is 14.6. The number of amides is 1. The summed E-state index contributed by atoms with van der Waals surface area (Å²) in [7, 11) is 0. The van der Waals surface area contributed by atoms with Crippen molar-refractivity contribution >= 4 is 28.5 Å². The quantitative estimate of drug-likeness (QED) is 0.734. The minimum Gasteiger partial charge on any atom is -0.449 e. The van der Waals surface area contributed by atoms with E-state index >= 15 is 0 Å². The summed E-state index contributed by atoms with van der Waals surface area (Å²) in [4.78, 5) is 30.2. The van der Waals surface area contributed by atoms with Gasteiger partial charge in [0.05, 0.1) is 5.56 Å². The Hall–Kier alpha value is -3.08. The molecule has 4 rings (SSSR count). The van der Waals surface area contributed by atoms with Crippen LogP contribution in [0.1, 0.15) is 29.3 Å². The molecule has 2 heterocycles. The Morgan fingerprint density at radius 2 is 1.88 bits per heavy atom. The Bertz CT molecular complexity index is 976. The number of carbonyl (C=O) groups excluding carboxylic acids is 2. The maximum Gasteiger partial charge on any atom is 0.341 e. The highest BCUT2D eigenvalue weighted by Gasteiger charge is 2.29. The van der Waals surface area contributed by atoms with Crippen LogP contribution in [-0.2, 0) is 16.0 Å². The van der Waals surface area contributed by atoms with E-state index in [0.717, 1.165) is 35.0 Å². The average Bonchev–Trinajstić information content (AvgIpc) is 3.11. The summed E-state index contributed by atoms with van der Waals surface area (Å²) in [6, 6.07) is 15.4. The lowest BCUT2D eigenvalue weighted by Gasteiger charge is -2.31. The van der Waals surface area contributed by atoms with E-state index in [-0.39, 0.29) is 5.91 Å². The molecule has 0 spiro atoms. The summed E-state index contributed by atoms with van der Waals surface area (Å²) < 4.78 is 5.48. The van der Waals surface area contributed by atoms with Crippen molar-refractivity contribution < 1.29 is 14.3 Å². The van der Waals surface area contributed by atoms with Gasteiger partial charge < -0.3 is 14.6 Å². The molecule has 1 amide bonds. The molecule has 0 saturated heterocycles. The molecule has 0 saturated carbocycles. The van der Waals surface area contributed by atoms with Gasteiger partial charge in [-0.3, -0.25) is 4.79 Å². The molecule has 0 fully saturated rings. The van der Waals surface area contributed by atoms with Crippen molar-refractivity contribution in [1.29, 1.82) is 0 Å². The predicted molar refractivity (Wildman–Crippen MR) is 100 cm³/mol. The third-order valence-corrected chi connectivity index (χ3v) is 4.82. The summed E-state index contributed by atoms with van der Waals surface area (Å²) in [6.07, 6.45) is 2.65. The molecule has 1 atom stereocenters. The molecular formula is C21H20N2O3. The largest absolute Gasteiger partial charge is 0.449 e. The fourth-order valence-electron chi connectivity index (χ4n) is 3.50.